The summed E-state index contributed by atoms with van der Waals surface area (Å²) in [5.74, 6) is 0.847. The zero-order valence-electron chi connectivity index (χ0n) is 16.8. The van der Waals surface area contributed by atoms with Crippen molar-refractivity contribution in [2.75, 3.05) is 19.1 Å². The van der Waals surface area contributed by atoms with Crippen LogP contribution in [0.15, 0.2) is 72.8 Å². The molecule has 0 aliphatic carbocycles. The third-order valence-corrected chi connectivity index (χ3v) is 5.50. The summed E-state index contributed by atoms with van der Waals surface area (Å²) in [4.78, 5) is 17.0. The fraction of sp³-hybridized carbons (Fsp3) is 0.125. The first-order valence-corrected chi connectivity index (χ1v) is 10.1. The number of rotatable bonds is 5. The number of aldehydes is 1. The Labute approximate surface area is 179 Å². The number of fused-ring (bicyclic) bond motifs is 1. The van der Waals surface area contributed by atoms with Crippen LogP contribution in [0.3, 0.4) is 0 Å². The molecule has 30 heavy (non-hydrogen) atoms. The minimum Gasteiger partial charge on any atom is -0.497 e. The molecular weight excluding hydrogens is 394 g/mol. The van der Waals surface area contributed by atoms with Crippen molar-refractivity contribution in [2.24, 2.45) is 0 Å². The topological polar surface area (TPSA) is 66.2 Å². The van der Waals surface area contributed by atoms with Gasteiger partial charge >= 0.3 is 0 Å². The van der Waals surface area contributed by atoms with Crippen molar-refractivity contribution in [3.8, 4) is 11.8 Å². The molecule has 0 atom stereocenters. The number of anilines is 1. The van der Waals surface area contributed by atoms with Crippen LogP contribution in [0.5, 0.6) is 5.75 Å². The highest BCUT2D eigenvalue weighted by atomic mass is 32.1. The number of nitriles is 1. The molecule has 1 heterocycles. The van der Waals surface area contributed by atoms with Crippen LogP contribution in [0.1, 0.15) is 21.5 Å². The molecule has 0 bridgehead atoms. The molecule has 0 aliphatic heterocycles. The molecule has 3 aromatic carbocycles. The normalized spacial score (nSPS) is 9.90. The molecule has 4 rings (SSSR count). The molecule has 4 aromatic rings. The quantitative estimate of drug-likeness (QED) is 0.413. The van der Waals surface area contributed by atoms with Crippen molar-refractivity contribution in [1.29, 1.82) is 5.26 Å². The number of hydrogen-bond donors (Lipinski definition) is 0. The molecule has 0 N–H and O–H groups in total. The predicted octanol–water partition coefficient (Wildman–Crippen LogP) is 5.31. The molecule has 150 valence electrons. The van der Waals surface area contributed by atoms with E-state index in [4.69, 9.17) is 10.00 Å². The number of methoxy groups -OCH3 is 1. The molecule has 0 spiro atoms. The van der Waals surface area contributed by atoms with Crippen molar-refractivity contribution in [1.82, 2.24) is 4.98 Å². The maximum absolute atomic E-state index is 10.1. The van der Waals surface area contributed by atoms with Gasteiger partial charge < -0.3 is 9.64 Å². The lowest BCUT2D eigenvalue weighted by Crippen LogP contribution is -2.15. The lowest BCUT2D eigenvalue weighted by Gasteiger charge is -2.15. The summed E-state index contributed by atoms with van der Waals surface area (Å²) in [6.45, 7) is 0.859. The summed E-state index contributed by atoms with van der Waals surface area (Å²) in [5, 5.41) is 9.39. The molecule has 0 amide bonds. The van der Waals surface area contributed by atoms with E-state index in [-0.39, 0.29) is 0 Å². The number of carbonyl (C=O) groups excluding carboxylic acids is 1. The Balaban J connectivity index is 0.000000216. The zero-order chi connectivity index (χ0) is 21.3. The minimum absolute atomic E-state index is 0.575. The average Bonchev–Trinajstić information content (AvgIpc) is 3.24. The van der Waals surface area contributed by atoms with Crippen LogP contribution < -0.4 is 9.64 Å². The van der Waals surface area contributed by atoms with Crippen LogP contribution >= 0.6 is 11.3 Å². The Morgan fingerprint density at radius 2 is 1.83 bits per heavy atom. The van der Waals surface area contributed by atoms with E-state index in [1.54, 1.807) is 42.7 Å². The van der Waals surface area contributed by atoms with Gasteiger partial charge in [-0.15, -0.1) is 0 Å². The highest BCUT2D eigenvalue weighted by molar-refractivity contribution is 7.22. The Kier molecular flexibility index (Phi) is 7.14. The molecule has 0 saturated carbocycles. The Hall–Kier alpha value is -3.69. The molecule has 0 fully saturated rings. The lowest BCUT2D eigenvalue weighted by molar-refractivity contribution is 0.112. The smallest absolute Gasteiger partial charge is 0.186 e. The van der Waals surface area contributed by atoms with E-state index in [0.29, 0.717) is 11.1 Å². The molecular formula is C24H21N3O2S. The molecule has 0 saturated heterocycles. The van der Waals surface area contributed by atoms with E-state index in [1.165, 1.54) is 10.3 Å². The molecule has 0 unspecified atom stereocenters. The van der Waals surface area contributed by atoms with E-state index in [9.17, 15) is 4.79 Å². The van der Waals surface area contributed by atoms with Crippen molar-refractivity contribution < 1.29 is 9.53 Å². The molecule has 5 nitrogen and oxygen atoms in total. The van der Waals surface area contributed by atoms with Gasteiger partial charge in [-0.3, -0.25) is 4.79 Å². The third-order valence-electron chi connectivity index (χ3n) is 4.35. The molecule has 1 aromatic heterocycles. The second-order valence-corrected chi connectivity index (χ2v) is 7.53. The highest BCUT2D eigenvalue weighted by Crippen LogP contribution is 2.31. The predicted molar refractivity (Wildman–Crippen MR) is 121 cm³/mol. The van der Waals surface area contributed by atoms with Gasteiger partial charge in [-0.25, -0.2) is 4.98 Å². The van der Waals surface area contributed by atoms with Gasteiger partial charge in [0, 0.05) is 25.2 Å². The van der Waals surface area contributed by atoms with Crippen LogP contribution in [-0.2, 0) is 6.54 Å². The summed E-state index contributed by atoms with van der Waals surface area (Å²) in [6.07, 6.45) is 0.751. The van der Waals surface area contributed by atoms with Gasteiger partial charge in [0.1, 0.15) is 12.0 Å². The number of hydrogen-bond acceptors (Lipinski definition) is 6. The van der Waals surface area contributed by atoms with Gasteiger partial charge in [0.2, 0.25) is 0 Å². The van der Waals surface area contributed by atoms with Gasteiger partial charge in [-0.2, -0.15) is 5.26 Å². The summed E-state index contributed by atoms with van der Waals surface area (Å²) < 4.78 is 6.42. The maximum Gasteiger partial charge on any atom is 0.186 e. The van der Waals surface area contributed by atoms with Crippen molar-refractivity contribution in [3.63, 3.8) is 0 Å². The second kappa shape index (κ2) is 10.2. The Bertz CT molecular complexity index is 1150. The Morgan fingerprint density at radius 1 is 1.10 bits per heavy atom. The van der Waals surface area contributed by atoms with Gasteiger partial charge in [-0.1, -0.05) is 53.8 Å². The lowest BCUT2D eigenvalue weighted by atomic mass is 10.2. The number of carbonyl (C=O) groups is 1. The van der Waals surface area contributed by atoms with E-state index in [2.05, 4.69) is 47.3 Å². The first-order chi connectivity index (χ1) is 14.6. The van der Waals surface area contributed by atoms with E-state index in [1.807, 2.05) is 24.3 Å². The Morgan fingerprint density at radius 3 is 2.47 bits per heavy atom. The zero-order valence-corrected chi connectivity index (χ0v) is 17.6. The fourth-order valence-electron chi connectivity index (χ4n) is 2.75. The van der Waals surface area contributed by atoms with Gasteiger partial charge in [0.15, 0.2) is 5.13 Å². The third kappa shape index (κ3) is 5.43. The summed E-state index contributed by atoms with van der Waals surface area (Å²) in [6, 6.07) is 24.9. The number of thiazole rings is 1. The molecule has 0 aliphatic rings. The maximum atomic E-state index is 10.1. The monoisotopic (exact) mass is 415 g/mol. The van der Waals surface area contributed by atoms with E-state index >= 15 is 0 Å². The number of nitrogens with zero attached hydrogens (tertiary/aromatic N) is 3. The summed E-state index contributed by atoms with van der Waals surface area (Å²) in [7, 11) is 3.75. The van der Waals surface area contributed by atoms with Crippen LogP contribution in [-0.4, -0.2) is 25.4 Å². The standard InChI is InChI=1S/C16H16N2OS.C8H5NO/c1-18(11-12-6-4-3-5-7-12)16-17-14-10-13(19-2)8-9-15(14)20-16;9-5-7-1-3-8(6-10)4-2-7/h3-10H,11H2,1-2H3;1-4,6H. The van der Waals surface area contributed by atoms with Crippen LogP contribution in [0.2, 0.25) is 0 Å². The van der Waals surface area contributed by atoms with E-state index < -0.39 is 0 Å². The molecule has 0 radical (unpaired) electrons. The minimum atomic E-state index is 0.575. The van der Waals surface area contributed by atoms with Gasteiger partial charge in [-0.05, 0) is 29.8 Å². The largest absolute Gasteiger partial charge is 0.497 e. The second-order valence-electron chi connectivity index (χ2n) is 6.52. The van der Waals surface area contributed by atoms with Crippen molar-refractivity contribution >= 4 is 33.0 Å². The van der Waals surface area contributed by atoms with Crippen molar-refractivity contribution in [3.05, 3.63) is 89.5 Å². The van der Waals surface area contributed by atoms with Crippen LogP contribution in [0.25, 0.3) is 10.2 Å². The number of benzene rings is 3. The van der Waals surface area contributed by atoms with Gasteiger partial charge in [0.25, 0.3) is 0 Å². The SMILES string of the molecule is COc1ccc2sc(N(C)Cc3ccccc3)nc2c1.N#Cc1ccc(C=O)cc1. The van der Waals surface area contributed by atoms with E-state index in [0.717, 1.165) is 29.2 Å². The first-order valence-electron chi connectivity index (χ1n) is 9.28. The summed E-state index contributed by atoms with van der Waals surface area (Å²) in [5.41, 5.74) is 3.45. The summed E-state index contributed by atoms with van der Waals surface area (Å²) >= 11 is 1.70. The van der Waals surface area contributed by atoms with Crippen LogP contribution in [0.4, 0.5) is 5.13 Å². The van der Waals surface area contributed by atoms with Gasteiger partial charge in [0.05, 0.1) is 29.0 Å². The fourth-order valence-corrected chi connectivity index (χ4v) is 3.65. The van der Waals surface area contributed by atoms with Crippen LogP contribution in [0, 0.1) is 11.3 Å². The number of aromatic nitrogens is 1. The highest BCUT2D eigenvalue weighted by Gasteiger charge is 2.09. The average molecular weight is 416 g/mol. The number of ether oxygens (including phenoxy) is 1. The molecule has 6 heteroatoms. The van der Waals surface area contributed by atoms with Crippen molar-refractivity contribution in [2.45, 2.75) is 6.54 Å². The first kappa shape index (κ1) is 21.0.